The first-order valence-electron chi connectivity index (χ1n) is 8.72. The van der Waals surface area contributed by atoms with Crippen molar-refractivity contribution in [1.82, 2.24) is 4.90 Å². The molecule has 1 aromatic carbocycles. The van der Waals surface area contributed by atoms with Gasteiger partial charge in [-0.2, -0.15) is 0 Å². The maximum absolute atomic E-state index is 12.5. The van der Waals surface area contributed by atoms with E-state index in [1.165, 1.54) is 0 Å². The van der Waals surface area contributed by atoms with E-state index >= 15 is 0 Å². The van der Waals surface area contributed by atoms with E-state index in [-0.39, 0.29) is 23.9 Å². The molecule has 1 aromatic rings. The molecular weight excluding hydrogens is 377 g/mol. The minimum absolute atomic E-state index is 0.231. The standard InChI is InChI=1S/C19H25Cl2NO4/c1-5-25-17(23)13-8-9-22(18(24)26-19(2,3)4)11-14(13)12-6-7-15(20)16(21)10-12/h6-7,10,13-14H,5,8-9,11H2,1-4H3/t13-,14+/m0/s1. The third kappa shape index (κ3) is 5.27. The van der Waals surface area contributed by atoms with E-state index < -0.39 is 5.60 Å². The van der Waals surface area contributed by atoms with Gasteiger partial charge in [-0.05, 0) is 51.8 Å². The second-order valence-corrected chi connectivity index (χ2v) is 8.17. The molecule has 0 unspecified atom stereocenters. The van der Waals surface area contributed by atoms with Gasteiger partial charge in [0.1, 0.15) is 5.60 Å². The van der Waals surface area contributed by atoms with Crippen LogP contribution in [0, 0.1) is 5.92 Å². The van der Waals surface area contributed by atoms with Crippen molar-refractivity contribution in [3.63, 3.8) is 0 Å². The van der Waals surface area contributed by atoms with E-state index in [0.29, 0.717) is 36.2 Å². The van der Waals surface area contributed by atoms with Crippen LogP contribution in [0.3, 0.4) is 0 Å². The maximum atomic E-state index is 12.5. The van der Waals surface area contributed by atoms with Crippen molar-refractivity contribution in [2.24, 2.45) is 5.92 Å². The van der Waals surface area contributed by atoms with Crippen LogP contribution >= 0.6 is 23.2 Å². The molecule has 26 heavy (non-hydrogen) atoms. The number of rotatable bonds is 3. The van der Waals surface area contributed by atoms with E-state index in [1.807, 2.05) is 26.8 Å². The van der Waals surface area contributed by atoms with Crippen LogP contribution in [-0.2, 0) is 14.3 Å². The lowest BCUT2D eigenvalue weighted by molar-refractivity contribution is -0.150. The normalized spacial score (nSPS) is 20.6. The Hall–Kier alpha value is -1.46. The average molecular weight is 402 g/mol. The monoisotopic (exact) mass is 401 g/mol. The van der Waals surface area contributed by atoms with Gasteiger partial charge in [0, 0.05) is 19.0 Å². The summed E-state index contributed by atoms with van der Waals surface area (Å²) >= 11 is 12.2. The molecule has 0 N–H and O–H groups in total. The van der Waals surface area contributed by atoms with Crippen LogP contribution in [0.5, 0.6) is 0 Å². The van der Waals surface area contributed by atoms with Gasteiger partial charge >= 0.3 is 12.1 Å². The molecule has 1 heterocycles. The van der Waals surface area contributed by atoms with Gasteiger partial charge in [0.25, 0.3) is 0 Å². The molecule has 144 valence electrons. The van der Waals surface area contributed by atoms with Crippen molar-refractivity contribution in [3.8, 4) is 0 Å². The molecule has 1 fully saturated rings. The molecule has 7 heteroatoms. The number of piperidine rings is 1. The fraction of sp³-hybridized carbons (Fsp3) is 0.579. The molecule has 1 saturated heterocycles. The first-order chi connectivity index (χ1) is 12.1. The smallest absolute Gasteiger partial charge is 0.410 e. The Morgan fingerprint density at radius 1 is 1.23 bits per heavy atom. The SMILES string of the molecule is CCOC(=O)[C@H]1CCN(C(=O)OC(C)(C)C)C[C@@H]1c1ccc(Cl)c(Cl)c1. The molecule has 2 rings (SSSR count). The van der Waals surface area contributed by atoms with Gasteiger partial charge in [-0.1, -0.05) is 29.3 Å². The molecule has 0 aromatic heterocycles. The van der Waals surface area contributed by atoms with Crippen molar-refractivity contribution in [3.05, 3.63) is 33.8 Å². The zero-order chi connectivity index (χ0) is 19.5. The number of hydrogen-bond acceptors (Lipinski definition) is 4. The van der Waals surface area contributed by atoms with E-state index in [0.717, 1.165) is 5.56 Å². The summed E-state index contributed by atoms with van der Waals surface area (Å²) in [5, 5.41) is 0.865. The van der Waals surface area contributed by atoms with Gasteiger partial charge in [-0.25, -0.2) is 4.79 Å². The van der Waals surface area contributed by atoms with E-state index in [1.54, 1.807) is 24.0 Å². The second-order valence-electron chi connectivity index (χ2n) is 7.35. The van der Waals surface area contributed by atoms with Crippen LogP contribution in [-0.4, -0.2) is 42.3 Å². The lowest BCUT2D eigenvalue weighted by Crippen LogP contribution is -2.47. The number of esters is 1. The summed E-state index contributed by atoms with van der Waals surface area (Å²) in [4.78, 5) is 26.5. The van der Waals surface area contributed by atoms with Gasteiger partial charge in [-0.15, -0.1) is 0 Å². The summed E-state index contributed by atoms with van der Waals surface area (Å²) in [5.41, 5.74) is 0.277. The lowest BCUT2D eigenvalue weighted by Gasteiger charge is -2.38. The number of carbonyl (C=O) groups is 2. The molecule has 0 saturated carbocycles. The van der Waals surface area contributed by atoms with Crippen LogP contribution in [0.15, 0.2) is 18.2 Å². The minimum atomic E-state index is -0.575. The molecule has 0 bridgehead atoms. The van der Waals surface area contributed by atoms with Crippen LogP contribution in [0.2, 0.25) is 10.0 Å². The topological polar surface area (TPSA) is 55.8 Å². The summed E-state index contributed by atoms with van der Waals surface area (Å²) in [6.45, 7) is 8.37. The Labute approximate surface area is 164 Å². The van der Waals surface area contributed by atoms with Gasteiger partial charge < -0.3 is 14.4 Å². The molecular formula is C19H25Cl2NO4. The third-order valence-electron chi connectivity index (χ3n) is 4.23. The summed E-state index contributed by atoms with van der Waals surface area (Å²) in [7, 11) is 0. The lowest BCUT2D eigenvalue weighted by atomic mass is 9.81. The van der Waals surface area contributed by atoms with Crippen molar-refractivity contribution >= 4 is 35.3 Å². The molecule has 1 amide bonds. The Kier molecular flexibility index (Phi) is 6.80. The van der Waals surface area contributed by atoms with E-state index in [4.69, 9.17) is 32.7 Å². The zero-order valence-corrected chi connectivity index (χ0v) is 17.1. The molecule has 5 nitrogen and oxygen atoms in total. The second kappa shape index (κ2) is 8.49. The van der Waals surface area contributed by atoms with Crippen molar-refractivity contribution < 1.29 is 19.1 Å². The predicted octanol–water partition coefficient (Wildman–Crippen LogP) is 4.90. The number of likely N-dealkylation sites (tertiary alicyclic amines) is 1. The first kappa shape index (κ1) is 20.8. The van der Waals surface area contributed by atoms with Crippen molar-refractivity contribution in [2.75, 3.05) is 19.7 Å². The Balaban J connectivity index is 2.27. The summed E-state index contributed by atoms with van der Waals surface area (Å²) in [6.07, 6.45) is 0.119. The summed E-state index contributed by atoms with van der Waals surface area (Å²) in [5.74, 6) is -0.830. The van der Waals surface area contributed by atoms with Gasteiger partial charge in [0.15, 0.2) is 0 Å². The number of ether oxygens (including phenoxy) is 2. The fourth-order valence-electron chi connectivity index (χ4n) is 3.06. The average Bonchev–Trinajstić information content (AvgIpc) is 2.55. The number of halogens is 2. The Bertz CT molecular complexity index is 672. The van der Waals surface area contributed by atoms with E-state index in [2.05, 4.69) is 0 Å². The highest BCUT2D eigenvalue weighted by molar-refractivity contribution is 6.42. The van der Waals surface area contributed by atoms with Crippen molar-refractivity contribution in [1.29, 1.82) is 0 Å². The van der Waals surface area contributed by atoms with Gasteiger partial charge in [0.05, 0.1) is 22.6 Å². The highest BCUT2D eigenvalue weighted by Gasteiger charge is 2.39. The fourth-order valence-corrected chi connectivity index (χ4v) is 3.36. The highest BCUT2D eigenvalue weighted by Crippen LogP contribution is 2.36. The molecule has 0 radical (unpaired) electrons. The van der Waals surface area contributed by atoms with Crippen LogP contribution in [0.25, 0.3) is 0 Å². The van der Waals surface area contributed by atoms with Crippen LogP contribution in [0.4, 0.5) is 4.79 Å². The highest BCUT2D eigenvalue weighted by atomic mass is 35.5. The largest absolute Gasteiger partial charge is 0.466 e. The quantitative estimate of drug-likeness (QED) is 0.675. The number of hydrogen-bond donors (Lipinski definition) is 0. The number of benzene rings is 1. The molecule has 1 aliphatic rings. The summed E-state index contributed by atoms with van der Waals surface area (Å²) in [6, 6.07) is 5.29. The van der Waals surface area contributed by atoms with Crippen molar-refractivity contribution in [2.45, 2.75) is 45.6 Å². The third-order valence-corrected chi connectivity index (χ3v) is 4.96. The predicted molar refractivity (Wildman–Crippen MR) is 102 cm³/mol. The molecule has 2 atom stereocenters. The minimum Gasteiger partial charge on any atom is -0.466 e. The molecule has 1 aliphatic heterocycles. The van der Waals surface area contributed by atoms with Crippen LogP contribution in [0.1, 0.15) is 45.6 Å². The van der Waals surface area contributed by atoms with E-state index in [9.17, 15) is 9.59 Å². The van der Waals surface area contributed by atoms with Gasteiger partial charge in [-0.3, -0.25) is 4.79 Å². The molecule has 0 aliphatic carbocycles. The number of carbonyl (C=O) groups excluding carboxylic acids is 2. The maximum Gasteiger partial charge on any atom is 0.410 e. The van der Waals surface area contributed by atoms with Gasteiger partial charge in [0.2, 0.25) is 0 Å². The number of amides is 1. The Morgan fingerprint density at radius 2 is 1.92 bits per heavy atom. The zero-order valence-electron chi connectivity index (χ0n) is 15.6. The van der Waals surface area contributed by atoms with Crippen LogP contribution < -0.4 is 0 Å². The number of nitrogens with zero attached hydrogens (tertiary/aromatic N) is 1. The Morgan fingerprint density at radius 3 is 2.50 bits per heavy atom. The molecule has 0 spiro atoms. The first-order valence-corrected chi connectivity index (χ1v) is 9.47. The summed E-state index contributed by atoms with van der Waals surface area (Å²) < 4.78 is 10.7.